The van der Waals surface area contributed by atoms with Gasteiger partial charge in [0.05, 0.1) is 19.8 Å². The van der Waals surface area contributed by atoms with Crippen molar-refractivity contribution < 1.29 is 19.1 Å². The molecule has 0 aliphatic carbocycles. The number of nitrogens with one attached hydrogen (secondary N) is 1. The Labute approximate surface area is 180 Å². The first kappa shape index (κ1) is 20.6. The van der Waals surface area contributed by atoms with Crippen LogP contribution in [0.15, 0.2) is 42.5 Å². The van der Waals surface area contributed by atoms with E-state index in [1.54, 1.807) is 23.8 Å². The number of benzene rings is 2. The second-order valence-corrected chi connectivity index (χ2v) is 9.71. The normalized spacial score (nSPS) is 21.2. The van der Waals surface area contributed by atoms with Gasteiger partial charge in [0.2, 0.25) is 5.91 Å². The topological polar surface area (TPSA) is 67.9 Å². The zero-order valence-corrected chi connectivity index (χ0v) is 18.4. The van der Waals surface area contributed by atoms with Crippen LogP contribution in [-0.4, -0.2) is 48.3 Å². The quantitative estimate of drug-likeness (QED) is 0.767. The fraction of sp³-hybridized carbons (Fsp3) is 0.391. The number of carbonyl (C=O) groups excluding carboxylic acids is 2. The summed E-state index contributed by atoms with van der Waals surface area (Å²) in [6.07, 6.45) is 0.746. The van der Waals surface area contributed by atoms with Gasteiger partial charge in [-0.05, 0) is 31.9 Å². The van der Waals surface area contributed by atoms with Crippen molar-refractivity contribution in [3.63, 3.8) is 0 Å². The Morgan fingerprint density at radius 1 is 1.13 bits per heavy atom. The molecule has 4 rings (SSSR count). The Balaban J connectivity index is 1.58. The SMILES string of the molecule is COc1ccc2c(c1OC)C(=O)N1C2SC(C)(C)C1C(=O)NCCc1ccccc1. The van der Waals surface area contributed by atoms with Crippen molar-refractivity contribution in [2.75, 3.05) is 20.8 Å². The molecule has 2 amide bonds. The third-order valence-corrected chi connectivity index (χ3v) is 7.24. The molecule has 0 saturated carbocycles. The van der Waals surface area contributed by atoms with Crippen LogP contribution in [-0.2, 0) is 11.2 Å². The lowest BCUT2D eigenvalue weighted by Crippen LogP contribution is -2.52. The molecule has 0 bridgehead atoms. The highest BCUT2D eigenvalue weighted by Crippen LogP contribution is 2.58. The van der Waals surface area contributed by atoms with E-state index in [-0.39, 0.29) is 17.2 Å². The summed E-state index contributed by atoms with van der Waals surface area (Å²) in [5.41, 5.74) is 2.53. The van der Waals surface area contributed by atoms with Gasteiger partial charge in [0, 0.05) is 16.9 Å². The molecule has 1 fully saturated rings. The van der Waals surface area contributed by atoms with Gasteiger partial charge in [0.1, 0.15) is 11.4 Å². The van der Waals surface area contributed by atoms with E-state index in [2.05, 4.69) is 5.32 Å². The van der Waals surface area contributed by atoms with Gasteiger partial charge in [0.25, 0.3) is 5.91 Å². The van der Waals surface area contributed by atoms with Crippen LogP contribution in [0.25, 0.3) is 0 Å². The second kappa shape index (κ2) is 7.87. The number of methoxy groups -OCH3 is 2. The summed E-state index contributed by atoms with van der Waals surface area (Å²) in [5, 5.41) is 2.82. The highest BCUT2D eigenvalue weighted by atomic mass is 32.2. The molecular formula is C23H26N2O4S. The van der Waals surface area contributed by atoms with E-state index >= 15 is 0 Å². The molecular weight excluding hydrogens is 400 g/mol. The summed E-state index contributed by atoms with van der Waals surface area (Å²) >= 11 is 1.63. The van der Waals surface area contributed by atoms with Crippen LogP contribution in [0.1, 0.15) is 40.7 Å². The molecule has 0 aromatic heterocycles. The number of hydrogen-bond acceptors (Lipinski definition) is 5. The van der Waals surface area contributed by atoms with Crippen LogP contribution in [0.3, 0.4) is 0 Å². The van der Waals surface area contributed by atoms with Gasteiger partial charge in [-0.2, -0.15) is 0 Å². The van der Waals surface area contributed by atoms with E-state index in [1.165, 1.54) is 7.11 Å². The van der Waals surface area contributed by atoms with E-state index in [0.717, 1.165) is 17.5 Å². The van der Waals surface area contributed by atoms with Crippen LogP contribution in [0, 0.1) is 0 Å². The van der Waals surface area contributed by atoms with Crippen LogP contribution >= 0.6 is 11.8 Å². The molecule has 2 aliphatic rings. The molecule has 2 atom stereocenters. The Bertz CT molecular complexity index is 977. The van der Waals surface area contributed by atoms with Crippen LogP contribution in [0.4, 0.5) is 0 Å². The predicted molar refractivity (Wildman–Crippen MR) is 117 cm³/mol. The van der Waals surface area contributed by atoms with Crippen molar-refractivity contribution in [3.8, 4) is 11.5 Å². The third kappa shape index (κ3) is 3.31. The van der Waals surface area contributed by atoms with Crippen LogP contribution in [0.2, 0.25) is 0 Å². The maximum atomic E-state index is 13.4. The molecule has 6 nitrogen and oxygen atoms in total. The minimum absolute atomic E-state index is 0.127. The number of ether oxygens (including phenoxy) is 2. The lowest BCUT2D eigenvalue weighted by atomic mass is 10.0. The predicted octanol–water partition coefficient (Wildman–Crippen LogP) is 3.41. The number of nitrogens with zero attached hydrogens (tertiary/aromatic N) is 1. The molecule has 2 heterocycles. The fourth-order valence-corrected chi connectivity index (χ4v) is 5.91. The molecule has 1 saturated heterocycles. The molecule has 7 heteroatoms. The summed E-state index contributed by atoms with van der Waals surface area (Å²) in [6.45, 7) is 4.56. The van der Waals surface area contributed by atoms with E-state index in [0.29, 0.717) is 23.6 Å². The Morgan fingerprint density at radius 2 is 1.87 bits per heavy atom. The van der Waals surface area contributed by atoms with Gasteiger partial charge in [0.15, 0.2) is 11.5 Å². The van der Waals surface area contributed by atoms with Gasteiger partial charge in [-0.3, -0.25) is 9.59 Å². The van der Waals surface area contributed by atoms with E-state index in [1.807, 2.05) is 56.3 Å². The Kier molecular flexibility index (Phi) is 5.40. The highest BCUT2D eigenvalue weighted by molar-refractivity contribution is 8.01. The van der Waals surface area contributed by atoms with Crippen LogP contribution < -0.4 is 14.8 Å². The summed E-state index contributed by atoms with van der Waals surface area (Å²) in [5.74, 6) is 0.625. The zero-order chi connectivity index (χ0) is 21.5. The Morgan fingerprint density at radius 3 is 2.53 bits per heavy atom. The number of carbonyl (C=O) groups is 2. The summed E-state index contributed by atoms with van der Waals surface area (Å²) in [6, 6.07) is 13.2. The highest BCUT2D eigenvalue weighted by Gasteiger charge is 2.58. The standard InChI is InChI=1S/C23H26N2O4S/c1-23(2)19(20(26)24-13-12-14-8-6-5-7-9-14)25-21(27)17-15(22(25)30-23)10-11-16(28-3)18(17)29-4/h5-11,19,22H,12-13H2,1-4H3,(H,24,26). The van der Waals surface area contributed by atoms with Crippen molar-refractivity contribution in [1.29, 1.82) is 0 Å². The maximum absolute atomic E-state index is 13.4. The second-order valence-electron chi connectivity index (χ2n) is 7.98. The van der Waals surface area contributed by atoms with Gasteiger partial charge in [-0.15, -0.1) is 11.8 Å². The van der Waals surface area contributed by atoms with Gasteiger partial charge >= 0.3 is 0 Å². The van der Waals surface area contributed by atoms with E-state index in [4.69, 9.17) is 9.47 Å². The lowest BCUT2D eigenvalue weighted by molar-refractivity contribution is -0.126. The first-order valence-electron chi connectivity index (χ1n) is 9.96. The molecule has 30 heavy (non-hydrogen) atoms. The van der Waals surface area contributed by atoms with Crippen molar-refractivity contribution in [2.45, 2.75) is 36.4 Å². The molecule has 2 aromatic rings. The average molecular weight is 427 g/mol. The summed E-state index contributed by atoms with van der Waals surface area (Å²) in [7, 11) is 3.07. The summed E-state index contributed by atoms with van der Waals surface area (Å²) < 4.78 is 10.4. The largest absolute Gasteiger partial charge is 0.493 e. The number of hydrogen-bond donors (Lipinski definition) is 1. The molecule has 2 aromatic carbocycles. The van der Waals surface area contributed by atoms with Crippen molar-refractivity contribution in [1.82, 2.24) is 10.2 Å². The number of rotatable bonds is 6. The molecule has 1 N–H and O–H groups in total. The van der Waals surface area contributed by atoms with Crippen molar-refractivity contribution in [3.05, 3.63) is 59.2 Å². The minimum Gasteiger partial charge on any atom is -0.493 e. The van der Waals surface area contributed by atoms with Crippen molar-refractivity contribution >= 4 is 23.6 Å². The molecule has 0 radical (unpaired) electrons. The first-order valence-corrected chi connectivity index (χ1v) is 10.8. The average Bonchev–Trinajstić information content (AvgIpc) is 3.17. The Hall–Kier alpha value is -2.67. The third-order valence-electron chi connectivity index (χ3n) is 5.70. The number of fused-ring (bicyclic) bond motifs is 3. The fourth-order valence-electron chi connectivity index (χ4n) is 4.33. The van der Waals surface area contributed by atoms with Gasteiger partial charge < -0.3 is 19.7 Å². The molecule has 0 spiro atoms. The first-order chi connectivity index (χ1) is 14.4. The number of amides is 2. The van der Waals surface area contributed by atoms with Crippen molar-refractivity contribution in [2.24, 2.45) is 0 Å². The van der Waals surface area contributed by atoms with Crippen LogP contribution in [0.5, 0.6) is 11.5 Å². The molecule has 158 valence electrons. The number of thioether (sulfide) groups is 1. The zero-order valence-electron chi connectivity index (χ0n) is 17.6. The summed E-state index contributed by atoms with van der Waals surface area (Å²) in [4.78, 5) is 28.3. The van der Waals surface area contributed by atoms with Gasteiger partial charge in [-0.25, -0.2) is 0 Å². The monoisotopic (exact) mass is 426 g/mol. The van der Waals surface area contributed by atoms with E-state index < -0.39 is 10.8 Å². The molecule has 2 aliphatic heterocycles. The smallest absolute Gasteiger partial charge is 0.260 e. The van der Waals surface area contributed by atoms with Gasteiger partial charge in [-0.1, -0.05) is 36.4 Å². The lowest BCUT2D eigenvalue weighted by Gasteiger charge is -2.29. The van der Waals surface area contributed by atoms with E-state index in [9.17, 15) is 9.59 Å². The minimum atomic E-state index is -0.570. The maximum Gasteiger partial charge on any atom is 0.260 e. The molecule has 2 unspecified atom stereocenters.